The van der Waals surface area contributed by atoms with Gasteiger partial charge in [-0.15, -0.1) is 0 Å². The zero-order valence-corrected chi connectivity index (χ0v) is 16.6. The van der Waals surface area contributed by atoms with Crippen LogP contribution < -0.4 is 15.4 Å². The van der Waals surface area contributed by atoms with E-state index in [1.54, 1.807) is 33.1 Å². The van der Waals surface area contributed by atoms with Crippen LogP contribution in [-0.2, 0) is 22.6 Å². The van der Waals surface area contributed by atoms with Gasteiger partial charge >= 0.3 is 0 Å². The van der Waals surface area contributed by atoms with E-state index in [1.165, 1.54) is 0 Å². The number of carbonyl (C=O) groups is 2. The Balaban J connectivity index is 1.83. The van der Waals surface area contributed by atoms with Gasteiger partial charge in [-0.2, -0.15) is 0 Å². The largest absolute Gasteiger partial charge is 0.497 e. The first kappa shape index (κ1) is 20.8. The van der Waals surface area contributed by atoms with Crippen molar-refractivity contribution in [2.45, 2.75) is 26.8 Å². The summed E-state index contributed by atoms with van der Waals surface area (Å²) < 4.78 is 5.19. The van der Waals surface area contributed by atoms with Gasteiger partial charge in [-0.05, 0) is 55.7 Å². The van der Waals surface area contributed by atoms with Crippen LogP contribution in [0.15, 0.2) is 48.5 Å². The van der Waals surface area contributed by atoms with Gasteiger partial charge in [0, 0.05) is 18.1 Å². The first-order chi connectivity index (χ1) is 12.8. The molecule has 0 radical (unpaired) electrons. The minimum absolute atomic E-state index is 0.306. The van der Waals surface area contributed by atoms with Crippen LogP contribution in [0.1, 0.15) is 25.0 Å². The van der Waals surface area contributed by atoms with Crippen LogP contribution in [0.25, 0.3) is 0 Å². The zero-order valence-electron chi connectivity index (χ0n) is 15.8. The van der Waals surface area contributed by atoms with Gasteiger partial charge in [-0.3, -0.25) is 9.59 Å². The Labute approximate surface area is 165 Å². The van der Waals surface area contributed by atoms with Crippen molar-refractivity contribution < 1.29 is 14.3 Å². The first-order valence-electron chi connectivity index (χ1n) is 8.77. The molecule has 0 heterocycles. The van der Waals surface area contributed by atoms with Gasteiger partial charge in [0.1, 0.15) is 11.2 Å². The third-order valence-electron chi connectivity index (χ3n) is 4.34. The first-order valence-corrected chi connectivity index (χ1v) is 9.14. The highest BCUT2D eigenvalue weighted by atomic mass is 35.5. The Bertz CT molecular complexity index is 788. The van der Waals surface area contributed by atoms with Crippen LogP contribution in [0.2, 0.25) is 5.02 Å². The number of nitrogens with one attached hydrogen (secondary N) is 2. The highest BCUT2D eigenvalue weighted by Gasteiger charge is 2.35. The van der Waals surface area contributed by atoms with Crippen LogP contribution in [0.5, 0.6) is 5.75 Å². The molecule has 2 aromatic carbocycles. The lowest BCUT2D eigenvalue weighted by Crippen LogP contribution is -2.48. The van der Waals surface area contributed by atoms with E-state index in [4.69, 9.17) is 16.3 Å². The second-order valence-corrected chi connectivity index (χ2v) is 7.23. The molecule has 0 aromatic heterocycles. The summed E-state index contributed by atoms with van der Waals surface area (Å²) in [6.07, 6.45) is 0.658. The van der Waals surface area contributed by atoms with Crippen LogP contribution in [0, 0.1) is 5.41 Å². The highest BCUT2D eigenvalue weighted by molar-refractivity contribution is 6.30. The van der Waals surface area contributed by atoms with E-state index in [2.05, 4.69) is 10.6 Å². The predicted octanol–water partition coefficient (Wildman–Crippen LogP) is 3.35. The predicted molar refractivity (Wildman–Crippen MR) is 107 cm³/mol. The molecular weight excluding hydrogens is 364 g/mol. The number of ether oxygens (including phenoxy) is 1. The molecular formula is C21H25ClN2O3. The summed E-state index contributed by atoms with van der Waals surface area (Å²) in [4.78, 5) is 24.9. The van der Waals surface area contributed by atoms with E-state index >= 15 is 0 Å². The highest BCUT2D eigenvalue weighted by Crippen LogP contribution is 2.17. The van der Waals surface area contributed by atoms with E-state index in [0.29, 0.717) is 24.5 Å². The number of benzene rings is 2. The van der Waals surface area contributed by atoms with Crippen molar-refractivity contribution in [2.24, 2.45) is 5.41 Å². The second-order valence-electron chi connectivity index (χ2n) is 6.79. The third kappa shape index (κ3) is 6.00. The smallest absolute Gasteiger partial charge is 0.235 e. The summed E-state index contributed by atoms with van der Waals surface area (Å²) in [7, 11) is 1.62. The SMILES string of the molecule is COc1cccc(CCNC(=O)C(C)(C)C(=O)NCc2ccc(Cl)cc2)c1. The number of amides is 2. The molecule has 2 rings (SSSR count). The molecule has 2 N–H and O–H groups in total. The maximum atomic E-state index is 12.5. The van der Waals surface area contributed by atoms with Gasteiger partial charge in [0.25, 0.3) is 0 Å². The molecule has 0 fully saturated rings. The summed E-state index contributed by atoms with van der Waals surface area (Å²) in [6.45, 7) is 4.02. The zero-order chi connectivity index (χ0) is 19.9. The van der Waals surface area contributed by atoms with E-state index < -0.39 is 5.41 Å². The number of methoxy groups -OCH3 is 1. The van der Waals surface area contributed by atoms with Crippen LogP contribution >= 0.6 is 11.6 Å². The molecule has 2 aromatic rings. The van der Waals surface area contributed by atoms with Crippen LogP contribution in [-0.4, -0.2) is 25.5 Å². The Morgan fingerprint density at radius 2 is 1.67 bits per heavy atom. The molecule has 5 nitrogen and oxygen atoms in total. The van der Waals surface area contributed by atoms with Crippen molar-refractivity contribution in [2.75, 3.05) is 13.7 Å². The molecule has 0 atom stereocenters. The van der Waals surface area contributed by atoms with Gasteiger partial charge < -0.3 is 15.4 Å². The number of rotatable bonds is 8. The number of hydrogen-bond donors (Lipinski definition) is 2. The molecule has 0 saturated heterocycles. The quantitative estimate of drug-likeness (QED) is 0.681. The summed E-state index contributed by atoms with van der Waals surface area (Å²) in [5.74, 6) is 0.149. The minimum atomic E-state index is -1.17. The lowest BCUT2D eigenvalue weighted by atomic mass is 9.91. The van der Waals surface area contributed by atoms with E-state index in [1.807, 2.05) is 36.4 Å². The average Bonchev–Trinajstić information content (AvgIpc) is 2.67. The van der Waals surface area contributed by atoms with Gasteiger partial charge in [0.15, 0.2) is 0 Å². The van der Waals surface area contributed by atoms with Gasteiger partial charge in [-0.1, -0.05) is 35.9 Å². The Hall–Kier alpha value is -2.53. The minimum Gasteiger partial charge on any atom is -0.497 e. The molecule has 144 valence electrons. The van der Waals surface area contributed by atoms with Crippen molar-refractivity contribution >= 4 is 23.4 Å². The third-order valence-corrected chi connectivity index (χ3v) is 4.59. The Morgan fingerprint density at radius 1 is 1.00 bits per heavy atom. The topological polar surface area (TPSA) is 67.4 Å². The lowest BCUT2D eigenvalue weighted by molar-refractivity contribution is -0.141. The maximum absolute atomic E-state index is 12.5. The lowest BCUT2D eigenvalue weighted by Gasteiger charge is -2.23. The summed E-state index contributed by atoms with van der Waals surface area (Å²) in [5.41, 5.74) is 0.808. The molecule has 0 aliphatic carbocycles. The van der Waals surface area contributed by atoms with E-state index in [0.717, 1.165) is 16.9 Å². The van der Waals surface area contributed by atoms with E-state index in [9.17, 15) is 9.59 Å². The Kier molecular flexibility index (Phi) is 7.25. The molecule has 2 amide bonds. The molecule has 0 unspecified atom stereocenters. The maximum Gasteiger partial charge on any atom is 0.235 e. The van der Waals surface area contributed by atoms with Crippen LogP contribution in [0.4, 0.5) is 0 Å². The van der Waals surface area contributed by atoms with Crippen molar-refractivity contribution in [3.05, 3.63) is 64.7 Å². The average molecular weight is 389 g/mol. The van der Waals surface area contributed by atoms with Gasteiger partial charge in [-0.25, -0.2) is 0 Å². The number of carbonyl (C=O) groups excluding carboxylic acids is 2. The van der Waals surface area contributed by atoms with Crippen molar-refractivity contribution in [1.29, 1.82) is 0 Å². The molecule has 0 aliphatic rings. The standard InChI is InChI=1S/C21H25ClN2O3/c1-21(2,20(26)24-14-16-7-9-17(22)10-8-16)19(25)23-12-11-15-5-4-6-18(13-15)27-3/h4-10,13H,11-12,14H2,1-3H3,(H,23,25)(H,24,26). The molecule has 6 heteroatoms. The Morgan fingerprint density at radius 3 is 2.33 bits per heavy atom. The van der Waals surface area contributed by atoms with E-state index in [-0.39, 0.29) is 11.8 Å². The molecule has 0 aliphatic heterocycles. The monoisotopic (exact) mass is 388 g/mol. The fraction of sp³-hybridized carbons (Fsp3) is 0.333. The number of halogens is 1. The summed E-state index contributed by atoms with van der Waals surface area (Å²) >= 11 is 5.85. The molecule has 0 spiro atoms. The second kappa shape index (κ2) is 9.42. The molecule has 0 bridgehead atoms. The number of hydrogen-bond acceptors (Lipinski definition) is 3. The summed E-state index contributed by atoms with van der Waals surface area (Å²) in [5, 5.41) is 6.28. The summed E-state index contributed by atoms with van der Waals surface area (Å²) in [6, 6.07) is 14.9. The van der Waals surface area contributed by atoms with Crippen molar-refractivity contribution in [1.82, 2.24) is 10.6 Å². The van der Waals surface area contributed by atoms with Crippen molar-refractivity contribution in [3.8, 4) is 5.75 Å². The van der Waals surface area contributed by atoms with Crippen LogP contribution in [0.3, 0.4) is 0 Å². The van der Waals surface area contributed by atoms with Crippen molar-refractivity contribution in [3.63, 3.8) is 0 Å². The molecule has 27 heavy (non-hydrogen) atoms. The fourth-order valence-corrected chi connectivity index (χ4v) is 2.60. The van der Waals surface area contributed by atoms with Gasteiger partial charge in [0.2, 0.25) is 11.8 Å². The van der Waals surface area contributed by atoms with Gasteiger partial charge in [0.05, 0.1) is 7.11 Å². The normalized spacial score (nSPS) is 11.0. The fourth-order valence-electron chi connectivity index (χ4n) is 2.48. The molecule has 0 saturated carbocycles.